The Morgan fingerprint density at radius 2 is 1.55 bits per heavy atom. The van der Waals surface area contributed by atoms with E-state index in [1.165, 1.54) is 32.1 Å². The number of carbonyl (C=O) groups is 3. The molecule has 0 aromatic carbocycles. The van der Waals surface area contributed by atoms with Crippen LogP contribution in [0.4, 0.5) is 26.3 Å². The van der Waals surface area contributed by atoms with E-state index in [-0.39, 0.29) is 11.9 Å². The number of rotatable bonds is 5. The fourth-order valence-electron chi connectivity index (χ4n) is 4.24. The number of hydrogen-bond acceptors (Lipinski definition) is 6. The van der Waals surface area contributed by atoms with Gasteiger partial charge in [-0.1, -0.05) is 25.3 Å². The second kappa shape index (κ2) is 14.6. The van der Waals surface area contributed by atoms with Gasteiger partial charge in [-0.3, -0.25) is 19.4 Å². The highest BCUT2D eigenvalue weighted by Crippen LogP contribution is 2.28. The van der Waals surface area contributed by atoms with Crippen molar-refractivity contribution in [2.24, 2.45) is 5.92 Å². The summed E-state index contributed by atoms with van der Waals surface area (Å²) in [6.07, 6.45) is 1.91. The van der Waals surface area contributed by atoms with Crippen molar-refractivity contribution < 1.29 is 50.9 Å². The molecule has 1 aliphatic carbocycles. The molecule has 0 radical (unpaired) electrons. The molecule has 3 heterocycles. The molecule has 1 unspecified atom stereocenters. The van der Waals surface area contributed by atoms with Crippen LogP contribution in [0.2, 0.25) is 0 Å². The zero-order valence-corrected chi connectivity index (χ0v) is 21.2. The van der Waals surface area contributed by atoms with Gasteiger partial charge in [0.05, 0.1) is 5.69 Å². The summed E-state index contributed by atoms with van der Waals surface area (Å²) >= 11 is 0. The Kier molecular flexibility index (Phi) is 11.9. The summed E-state index contributed by atoms with van der Waals surface area (Å²) in [6.45, 7) is 3.23. The van der Waals surface area contributed by atoms with Gasteiger partial charge in [0, 0.05) is 44.8 Å². The van der Waals surface area contributed by atoms with Crippen LogP contribution in [0.5, 0.6) is 0 Å². The summed E-state index contributed by atoms with van der Waals surface area (Å²) in [5.41, 5.74) is 2.14. The molecule has 2 aromatic rings. The highest BCUT2D eigenvalue weighted by molar-refractivity contribution is 5.80. The van der Waals surface area contributed by atoms with Gasteiger partial charge in [-0.15, -0.1) is 0 Å². The average Bonchev–Trinajstić information content (AvgIpc) is 3.36. The highest BCUT2D eigenvalue weighted by Gasteiger charge is 2.39. The average molecular weight is 582 g/mol. The van der Waals surface area contributed by atoms with Crippen molar-refractivity contribution in [1.29, 1.82) is 0 Å². The molecule has 1 saturated carbocycles. The standard InChI is InChI=1S/C20H27N5O.2C2HF3O2/c26-20(22-12-17-7-4-9-21-11-17)19-15-24(13-16-5-2-1-3-6-16)14-18-8-10-23-25(18)19;2*3-2(4,5)1(6)7/h4,7-11,16,19H,1-3,5-6,12-15H2,(H,22,26);2*(H,6,7). The predicted octanol–water partition coefficient (Wildman–Crippen LogP) is 3.80. The van der Waals surface area contributed by atoms with Crippen molar-refractivity contribution in [2.75, 3.05) is 13.1 Å². The zero-order chi connectivity index (χ0) is 29.9. The number of carboxylic acid groups (broad SMARTS) is 2. The molecule has 40 heavy (non-hydrogen) atoms. The smallest absolute Gasteiger partial charge is 0.475 e. The fourth-order valence-corrected chi connectivity index (χ4v) is 4.24. The van der Waals surface area contributed by atoms with Crippen molar-refractivity contribution in [3.05, 3.63) is 48.0 Å². The lowest BCUT2D eigenvalue weighted by atomic mass is 9.88. The van der Waals surface area contributed by atoms with Crippen LogP contribution in [-0.4, -0.2) is 73.2 Å². The number of aliphatic carboxylic acids is 2. The van der Waals surface area contributed by atoms with E-state index >= 15 is 0 Å². The summed E-state index contributed by atoms with van der Waals surface area (Å²) in [5.74, 6) is -4.70. The van der Waals surface area contributed by atoms with Crippen LogP contribution in [-0.2, 0) is 27.5 Å². The molecule has 4 rings (SSSR count). The number of aromatic nitrogens is 3. The number of amides is 1. The predicted molar refractivity (Wildman–Crippen MR) is 127 cm³/mol. The first-order chi connectivity index (χ1) is 18.7. The van der Waals surface area contributed by atoms with Crippen LogP contribution in [0.1, 0.15) is 49.4 Å². The Labute approximate surface area is 225 Å². The number of hydrogen-bond donors (Lipinski definition) is 3. The first-order valence-corrected chi connectivity index (χ1v) is 12.2. The molecular formula is C24H29F6N5O5. The molecular weight excluding hydrogens is 552 g/mol. The molecule has 222 valence electrons. The summed E-state index contributed by atoms with van der Waals surface area (Å²) in [7, 11) is 0. The number of halogens is 6. The van der Waals surface area contributed by atoms with Crippen LogP contribution >= 0.6 is 0 Å². The van der Waals surface area contributed by atoms with Crippen molar-refractivity contribution >= 4 is 17.8 Å². The molecule has 0 bridgehead atoms. The minimum atomic E-state index is -5.08. The van der Waals surface area contributed by atoms with Gasteiger partial charge in [0.2, 0.25) is 5.91 Å². The van der Waals surface area contributed by atoms with Gasteiger partial charge in [-0.2, -0.15) is 31.4 Å². The van der Waals surface area contributed by atoms with E-state index in [4.69, 9.17) is 19.8 Å². The lowest BCUT2D eigenvalue weighted by Gasteiger charge is -2.36. The van der Waals surface area contributed by atoms with Crippen molar-refractivity contribution in [1.82, 2.24) is 25.0 Å². The largest absolute Gasteiger partial charge is 0.490 e. The molecule has 3 N–H and O–H groups in total. The van der Waals surface area contributed by atoms with Gasteiger partial charge < -0.3 is 15.5 Å². The lowest BCUT2D eigenvalue weighted by Crippen LogP contribution is -2.46. The maximum atomic E-state index is 12.9. The summed E-state index contributed by atoms with van der Waals surface area (Å²) in [5, 5.41) is 21.7. The molecule has 10 nitrogen and oxygen atoms in total. The van der Waals surface area contributed by atoms with Crippen molar-refractivity contribution in [3.8, 4) is 0 Å². The van der Waals surface area contributed by atoms with Crippen molar-refractivity contribution in [3.63, 3.8) is 0 Å². The number of nitrogens with one attached hydrogen (secondary N) is 1. The summed E-state index contributed by atoms with van der Waals surface area (Å²) < 4.78 is 65.4. The number of nitrogens with zero attached hydrogens (tertiary/aromatic N) is 4. The van der Waals surface area contributed by atoms with E-state index in [1.54, 1.807) is 18.6 Å². The van der Waals surface area contributed by atoms with Gasteiger partial charge in [0.15, 0.2) is 0 Å². The number of carbonyl (C=O) groups excluding carboxylic acids is 1. The Morgan fingerprint density at radius 1 is 0.950 bits per heavy atom. The van der Waals surface area contributed by atoms with E-state index in [1.807, 2.05) is 22.9 Å². The number of pyridine rings is 1. The Morgan fingerprint density at radius 3 is 2.08 bits per heavy atom. The monoisotopic (exact) mass is 581 g/mol. The molecule has 2 aromatic heterocycles. The van der Waals surface area contributed by atoms with Crippen LogP contribution in [0, 0.1) is 5.92 Å². The number of alkyl halides is 6. The second-order valence-electron chi connectivity index (χ2n) is 9.17. The van der Waals surface area contributed by atoms with E-state index < -0.39 is 24.3 Å². The van der Waals surface area contributed by atoms with E-state index in [0.29, 0.717) is 6.54 Å². The fraction of sp³-hybridized carbons (Fsp3) is 0.542. The molecule has 1 amide bonds. The molecule has 1 atom stereocenters. The van der Waals surface area contributed by atoms with Crippen LogP contribution < -0.4 is 5.32 Å². The molecule has 1 aliphatic heterocycles. The Hall–Kier alpha value is -3.69. The minimum Gasteiger partial charge on any atom is -0.475 e. The quantitative estimate of drug-likeness (QED) is 0.454. The van der Waals surface area contributed by atoms with E-state index in [9.17, 15) is 31.1 Å². The van der Waals surface area contributed by atoms with Gasteiger partial charge >= 0.3 is 24.3 Å². The Balaban J connectivity index is 0.000000333. The molecule has 0 saturated heterocycles. The zero-order valence-electron chi connectivity index (χ0n) is 21.2. The minimum absolute atomic E-state index is 0.0344. The first-order valence-electron chi connectivity index (χ1n) is 12.2. The SMILES string of the molecule is O=C(NCc1cccnc1)C1CN(CC2CCCCC2)Cc2ccnn21.O=C(O)C(F)(F)F.O=C(O)C(F)(F)F. The van der Waals surface area contributed by atoms with Gasteiger partial charge in [0.1, 0.15) is 6.04 Å². The third-order valence-corrected chi connectivity index (χ3v) is 6.08. The maximum Gasteiger partial charge on any atom is 0.490 e. The number of carboxylic acids is 2. The Bertz CT molecular complexity index is 1080. The van der Waals surface area contributed by atoms with Gasteiger partial charge in [-0.05, 0) is 36.5 Å². The van der Waals surface area contributed by atoms with E-state index in [2.05, 4.69) is 20.3 Å². The van der Waals surface area contributed by atoms with Crippen LogP contribution in [0.3, 0.4) is 0 Å². The van der Waals surface area contributed by atoms with Crippen molar-refractivity contribution in [2.45, 2.75) is 63.6 Å². The first kappa shape index (κ1) is 32.5. The third-order valence-electron chi connectivity index (χ3n) is 6.08. The molecule has 1 fully saturated rings. The molecule has 2 aliphatic rings. The second-order valence-corrected chi connectivity index (χ2v) is 9.17. The van der Waals surface area contributed by atoms with Gasteiger partial charge in [0.25, 0.3) is 0 Å². The van der Waals surface area contributed by atoms with Gasteiger partial charge in [-0.25, -0.2) is 9.59 Å². The summed E-state index contributed by atoms with van der Waals surface area (Å²) in [4.78, 5) is 37.2. The molecule has 16 heteroatoms. The number of fused-ring (bicyclic) bond motifs is 1. The maximum absolute atomic E-state index is 12.9. The van der Waals surface area contributed by atoms with E-state index in [0.717, 1.165) is 36.8 Å². The highest BCUT2D eigenvalue weighted by atomic mass is 19.4. The summed E-state index contributed by atoms with van der Waals surface area (Å²) in [6, 6.07) is 5.64. The lowest BCUT2D eigenvalue weighted by molar-refractivity contribution is -0.193. The third kappa shape index (κ3) is 10.8. The topological polar surface area (TPSA) is 138 Å². The van der Waals surface area contributed by atoms with Crippen LogP contribution in [0.15, 0.2) is 36.8 Å². The normalized spacial score (nSPS) is 17.8. The molecule has 0 spiro atoms. The van der Waals surface area contributed by atoms with Crippen LogP contribution in [0.25, 0.3) is 0 Å².